The first-order chi connectivity index (χ1) is 8.42. The second kappa shape index (κ2) is 7.16. The topological polar surface area (TPSA) is 98.6 Å². The van der Waals surface area contributed by atoms with Gasteiger partial charge >= 0.3 is 0 Å². The Morgan fingerprint density at radius 2 is 2.11 bits per heavy atom. The summed E-state index contributed by atoms with van der Waals surface area (Å²) in [6, 6.07) is 2.01. The van der Waals surface area contributed by atoms with Gasteiger partial charge < -0.3 is 15.6 Å². The highest BCUT2D eigenvalue weighted by atomic mass is 35.5. The average molecular weight is 291 g/mol. The molecule has 0 aromatic heterocycles. The van der Waals surface area contributed by atoms with Crippen LogP contribution >= 0.6 is 12.4 Å². The largest absolute Gasteiger partial charge is 0.504 e. The van der Waals surface area contributed by atoms with Crippen molar-refractivity contribution in [3.8, 4) is 11.5 Å². The van der Waals surface area contributed by atoms with E-state index >= 15 is 0 Å². The average Bonchev–Trinajstić information content (AvgIpc) is 2.36. The molecule has 0 aliphatic carbocycles. The summed E-state index contributed by atoms with van der Waals surface area (Å²) in [7, 11) is 1.34. The highest BCUT2D eigenvalue weighted by molar-refractivity contribution is 5.85. The third-order valence-electron chi connectivity index (χ3n) is 3.14. The number of nitrogens with zero attached hydrogens (tertiary/aromatic N) is 1. The molecule has 1 aromatic rings. The zero-order chi connectivity index (χ0) is 13.9. The van der Waals surface area contributed by atoms with E-state index in [-0.39, 0.29) is 35.5 Å². The predicted octanol–water partition coefficient (Wildman–Crippen LogP) is 2.78. The van der Waals surface area contributed by atoms with Crippen molar-refractivity contribution in [3.05, 3.63) is 27.8 Å². The molecule has 7 heteroatoms. The van der Waals surface area contributed by atoms with Gasteiger partial charge in [0.1, 0.15) is 0 Å². The van der Waals surface area contributed by atoms with Crippen molar-refractivity contribution < 1.29 is 14.8 Å². The fourth-order valence-electron chi connectivity index (χ4n) is 1.69. The molecule has 0 bridgehead atoms. The number of nitro groups is 1. The minimum atomic E-state index is -0.533. The summed E-state index contributed by atoms with van der Waals surface area (Å²) >= 11 is 0. The van der Waals surface area contributed by atoms with Crippen LogP contribution in [0.25, 0.3) is 0 Å². The number of ether oxygens (including phenoxy) is 1. The van der Waals surface area contributed by atoms with Gasteiger partial charge in [0.25, 0.3) is 5.69 Å². The number of aromatic hydroxyl groups is 1. The van der Waals surface area contributed by atoms with E-state index in [1.807, 2.05) is 13.8 Å². The number of phenolic OH excluding ortho intramolecular Hbond substituents is 1. The zero-order valence-corrected chi connectivity index (χ0v) is 11.9. The molecule has 0 aliphatic rings. The monoisotopic (exact) mass is 290 g/mol. The van der Waals surface area contributed by atoms with Gasteiger partial charge in [0, 0.05) is 17.7 Å². The number of benzene rings is 1. The van der Waals surface area contributed by atoms with Crippen molar-refractivity contribution >= 4 is 18.1 Å². The molecule has 0 saturated heterocycles. The number of phenols is 1. The van der Waals surface area contributed by atoms with Crippen LogP contribution in [0.4, 0.5) is 5.69 Å². The van der Waals surface area contributed by atoms with Crippen molar-refractivity contribution in [1.82, 2.24) is 0 Å². The van der Waals surface area contributed by atoms with Gasteiger partial charge in [-0.1, -0.05) is 20.3 Å². The second-order valence-electron chi connectivity index (χ2n) is 4.25. The maximum absolute atomic E-state index is 10.8. The van der Waals surface area contributed by atoms with E-state index in [2.05, 4.69) is 0 Å². The summed E-state index contributed by atoms with van der Waals surface area (Å²) in [5.74, 6) is 0.0384. The first-order valence-electron chi connectivity index (χ1n) is 5.73. The maximum atomic E-state index is 10.8. The summed E-state index contributed by atoms with van der Waals surface area (Å²) in [6.45, 7) is 3.89. The Bertz CT molecular complexity index is 454. The Kier molecular flexibility index (Phi) is 6.58. The van der Waals surface area contributed by atoms with Gasteiger partial charge in [0.05, 0.1) is 18.1 Å². The van der Waals surface area contributed by atoms with Crippen LogP contribution in [0.3, 0.4) is 0 Å². The first-order valence-corrected chi connectivity index (χ1v) is 5.73. The van der Waals surface area contributed by atoms with E-state index in [9.17, 15) is 15.2 Å². The molecule has 0 aliphatic heterocycles. The third-order valence-corrected chi connectivity index (χ3v) is 3.14. The molecular formula is C12H19ClN2O4. The summed E-state index contributed by atoms with van der Waals surface area (Å²) in [4.78, 5) is 10.3. The predicted molar refractivity (Wildman–Crippen MR) is 74.9 cm³/mol. The normalized spacial score (nSPS) is 13.3. The van der Waals surface area contributed by atoms with Gasteiger partial charge in [-0.3, -0.25) is 10.1 Å². The lowest BCUT2D eigenvalue weighted by atomic mass is 9.92. The molecule has 0 amide bonds. The Morgan fingerprint density at radius 3 is 2.53 bits per heavy atom. The lowest BCUT2D eigenvalue weighted by Gasteiger charge is -2.20. The van der Waals surface area contributed by atoms with Gasteiger partial charge in [-0.05, 0) is 5.92 Å². The summed E-state index contributed by atoms with van der Waals surface area (Å²) in [6.07, 6.45) is 0.811. The van der Waals surface area contributed by atoms with Crippen LogP contribution in [0.15, 0.2) is 12.1 Å². The Balaban J connectivity index is 0.00000324. The van der Waals surface area contributed by atoms with Gasteiger partial charge in [0.15, 0.2) is 11.5 Å². The second-order valence-corrected chi connectivity index (χ2v) is 4.25. The van der Waals surface area contributed by atoms with Crippen molar-refractivity contribution in [2.75, 3.05) is 7.11 Å². The van der Waals surface area contributed by atoms with E-state index < -0.39 is 11.0 Å². The number of nitro benzene ring substituents is 1. The number of halogens is 1. The standard InChI is InChI=1S/C12H18N2O4.ClH/c1-4-7(2)11(13)9-5-8(14(16)17)6-10(18-3)12(9)15;/h5-7,11,15H,4,13H2,1-3H3;1H/t7?,11-;/m1./s1. The molecular weight excluding hydrogens is 272 g/mol. The molecule has 0 radical (unpaired) electrons. The molecule has 3 N–H and O–H groups in total. The molecule has 1 rings (SSSR count). The Labute approximate surface area is 118 Å². The highest BCUT2D eigenvalue weighted by Crippen LogP contribution is 2.39. The molecule has 0 spiro atoms. The van der Waals surface area contributed by atoms with Crippen molar-refractivity contribution in [1.29, 1.82) is 0 Å². The van der Waals surface area contributed by atoms with Crippen molar-refractivity contribution in [2.24, 2.45) is 11.7 Å². The summed E-state index contributed by atoms with van der Waals surface area (Å²) < 4.78 is 4.93. The minimum absolute atomic E-state index is 0. The molecule has 6 nitrogen and oxygen atoms in total. The molecule has 0 saturated carbocycles. The van der Waals surface area contributed by atoms with Crippen LogP contribution in [-0.2, 0) is 0 Å². The quantitative estimate of drug-likeness (QED) is 0.642. The van der Waals surface area contributed by atoms with Crippen LogP contribution in [0.1, 0.15) is 31.9 Å². The molecule has 0 fully saturated rings. The number of non-ortho nitro benzene ring substituents is 1. The Morgan fingerprint density at radius 1 is 1.53 bits per heavy atom. The number of hydrogen-bond acceptors (Lipinski definition) is 5. The van der Waals surface area contributed by atoms with Crippen LogP contribution in [-0.4, -0.2) is 17.1 Å². The molecule has 2 atom stereocenters. The van der Waals surface area contributed by atoms with E-state index in [4.69, 9.17) is 10.5 Å². The molecule has 0 heterocycles. The number of methoxy groups -OCH3 is 1. The molecule has 1 unspecified atom stereocenters. The van der Waals surface area contributed by atoms with E-state index in [1.54, 1.807) is 0 Å². The van der Waals surface area contributed by atoms with Gasteiger partial charge in [0.2, 0.25) is 0 Å². The summed E-state index contributed by atoms with van der Waals surface area (Å²) in [5, 5.41) is 20.8. The van der Waals surface area contributed by atoms with Gasteiger partial charge in [-0.25, -0.2) is 0 Å². The van der Waals surface area contributed by atoms with Crippen LogP contribution in [0, 0.1) is 16.0 Å². The lowest BCUT2D eigenvalue weighted by molar-refractivity contribution is -0.385. The SMILES string of the molecule is CCC(C)[C@@H](N)c1cc([N+](=O)[O-])cc(OC)c1O.Cl. The number of nitrogens with two attached hydrogens (primary N) is 1. The third kappa shape index (κ3) is 3.71. The first kappa shape index (κ1) is 17.5. The van der Waals surface area contributed by atoms with E-state index in [0.717, 1.165) is 6.42 Å². The highest BCUT2D eigenvalue weighted by Gasteiger charge is 2.23. The fraction of sp³-hybridized carbons (Fsp3) is 0.500. The van der Waals surface area contributed by atoms with E-state index in [1.165, 1.54) is 19.2 Å². The van der Waals surface area contributed by atoms with Crippen molar-refractivity contribution in [3.63, 3.8) is 0 Å². The number of rotatable bonds is 5. The minimum Gasteiger partial charge on any atom is -0.504 e. The van der Waals surface area contributed by atoms with Crippen molar-refractivity contribution in [2.45, 2.75) is 26.3 Å². The molecule has 1 aromatic carbocycles. The number of hydrogen-bond donors (Lipinski definition) is 2. The van der Waals surface area contributed by atoms with E-state index in [0.29, 0.717) is 5.56 Å². The Hall–Kier alpha value is -1.53. The molecule has 108 valence electrons. The van der Waals surface area contributed by atoms with Gasteiger partial charge in [-0.15, -0.1) is 12.4 Å². The smallest absolute Gasteiger partial charge is 0.273 e. The lowest BCUT2D eigenvalue weighted by Crippen LogP contribution is -2.19. The maximum Gasteiger partial charge on any atom is 0.273 e. The zero-order valence-electron chi connectivity index (χ0n) is 11.1. The van der Waals surface area contributed by atoms with Crippen LogP contribution < -0.4 is 10.5 Å². The van der Waals surface area contributed by atoms with Crippen LogP contribution in [0.2, 0.25) is 0 Å². The van der Waals surface area contributed by atoms with Crippen LogP contribution in [0.5, 0.6) is 11.5 Å². The molecule has 19 heavy (non-hydrogen) atoms. The fourth-order valence-corrected chi connectivity index (χ4v) is 1.69. The van der Waals surface area contributed by atoms with Gasteiger partial charge in [-0.2, -0.15) is 0 Å². The summed E-state index contributed by atoms with van der Waals surface area (Å²) in [5.41, 5.74) is 6.21.